The first-order chi connectivity index (χ1) is 9.66. The number of hydrogen-bond acceptors (Lipinski definition) is 2. The van der Waals surface area contributed by atoms with Crippen LogP contribution >= 0.6 is 0 Å². The smallest absolute Gasteiger partial charge is 0.303 e. The summed E-state index contributed by atoms with van der Waals surface area (Å²) in [6.45, 7) is 0.416. The molecule has 0 aliphatic heterocycles. The van der Waals surface area contributed by atoms with E-state index in [4.69, 9.17) is 5.11 Å². The summed E-state index contributed by atoms with van der Waals surface area (Å²) in [5, 5.41) is 12.4. The number of carboxylic acid groups (broad SMARTS) is 1. The number of carboxylic acids is 1. The van der Waals surface area contributed by atoms with E-state index in [2.05, 4.69) is 10.3 Å². The first-order valence-corrected chi connectivity index (χ1v) is 6.70. The summed E-state index contributed by atoms with van der Waals surface area (Å²) in [6, 6.07) is 7.99. The van der Waals surface area contributed by atoms with Crippen LogP contribution < -0.4 is 5.32 Å². The molecule has 20 heavy (non-hydrogen) atoms. The third-order valence-corrected chi connectivity index (χ3v) is 3.19. The average molecular weight is 274 g/mol. The minimum Gasteiger partial charge on any atom is -0.481 e. The third kappa shape index (κ3) is 3.85. The van der Waals surface area contributed by atoms with Gasteiger partial charge in [-0.25, -0.2) is 0 Å². The number of aromatic nitrogens is 1. The fourth-order valence-electron chi connectivity index (χ4n) is 2.14. The van der Waals surface area contributed by atoms with Gasteiger partial charge in [-0.3, -0.25) is 9.59 Å². The van der Waals surface area contributed by atoms with Crippen LogP contribution in [-0.2, 0) is 16.0 Å². The van der Waals surface area contributed by atoms with E-state index in [0.29, 0.717) is 25.8 Å². The van der Waals surface area contributed by atoms with Gasteiger partial charge in [-0.1, -0.05) is 18.2 Å². The first kappa shape index (κ1) is 14.1. The van der Waals surface area contributed by atoms with Crippen molar-refractivity contribution >= 4 is 22.8 Å². The Bertz CT molecular complexity index is 604. The summed E-state index contributed by atoms with van der Waals surface area (Å²) < 4.78 is 0. The fourth-order valence-corrected chi connectivity index (χ4v) is 2.14. The fraction of sp³-hybridized carbons (Fsp3) is 0.333. The van der Waals surface area contributed by atoms with Crippen LogP contribution in [0.5, 0.6) is 0 Å². The molecule has 2 rings (SSSR count). The number of nitrogens with one attached hydrogen (secondary N) is 2. The predicted molar refractivity (Wildman–Crippen MR) is 76.5 cm³/mol. The van der Waals surface area contributed by atoms with Gasteiger partial charge in [-0.05, 0) is 24.5 Å². The molecular formula is C15H18N2O3. The quantitative estimate of drug-likeness (QED) is 0.676. The number of rotatable bonds is 7. The number of carbonyl (C=O) groups is 2. The second-order valence-electron chi connectivity index (χ2n) is 4.71. The number of aromatic amines is 1. The van der Waals surface area contributed by atoms with Crippen LogP contribution in [-0.4, -0.2) is 28.5 Å². The SMILES string of the molecule is O=C(O)CCCNC(=O)CCc1c[nH]c2ccccc12. The Labute approximate surface area is 117 Å². The van der Waals surface area contributed by atoms with Gasteiger partial charge in [0, 0.05) is 36.5 Å². The summed E-state index contributed by atoms with van der Waals surface area (Å²) in [7, 11) is 0. The Morgan fingerprint density at radius 2 is 2.00 bits per heavy atom. The van der Waals surface area contributed by atoms with Gasteiger partial charge in [0.15, 0.2) is 0 Å². The molecule has 0 aliphatic carbocycles. The van der Waals surface area contributed by atoms with E-state index in [-0.39, 0.29) is 12.3 Å². The van der Waals surface area contributed by atoms with Crippen molar-refractivity contribution < 1.29 is 14.7 Å². The Kier molecular flexibility index (Phi) is 4.76. The molecule has 1 amide bonds. The molecule has 0 aliphatic rings. The van der Waals surface area contributed by atoms with E-state index < -0.39 is 5.97 Å². The standard InChI is InChI=1S/C15H18N2O3/c18-14(16-9-3-6-15(19)20)8-7-11-10-17-13-5-2-1-4-12(11)13/h1-2,4-5,10,17H,3,6-9H2,(H,16,18)(H,19,20). The summed E-state index contributed by atoms with van der Waals surface area (Å²) in [5.41, 5.74) is 2.20. The van der Waals surface area contributed by atoms with Crippen molar-refractivity contribution in [1.82, 2.24) is 10.3 Å². The highest BCUT2D eigenvalue weighted by Crippen LogP contribution is 2.18. The zero-order valence-corrected chi connectivity index (χ0v) is 11.2. The molecule has 0 unspecified atom stereocenters. The molecule has 0 spiro atoms. The van der Waals surface area contributed by atoms with Crippen LogP contribution in [0.25, 0.3) is 10.9 Å². The van der Waals surface area contributed by atoms with E-state index >= 15 is 0 Å². The highest BCUT2D eigenvalue weighted by molar-refractivity contribution is 5.84. The molecule has 0 saturated carbocycles. The van der Waals surface area contributed by atoms with Crippen molar-refractivity contribution in [3.05, 3.63) is 36.0 Å². The number of aryl methyl sites for hydroxylation is 1. The van der Waals surface area contributed by atoms with Crippen LogP contribution in [0.1, 0.15) is 24.8 Å². The van der Waals surface area contributed by atoms with Gasteiger partial charge in [0.2, 0.25) is 5.91 Å². The highest BCUT2D eigenvalue weighted by atomic mass is 16.4. The molecule has 1 aromatic heterocycles. The van der Waals surface area contributed by atoms with Crippen LogP contribution in [0.4, 0.5) is 0 Å². The lowest BCUT2D eigenvalue weighted by atomic mass is 10.1. The van der Waals surface area contributed by atoms with E-state index in [1.54, 1.807) is 0 Å². The summed E-state index contributed by atoms with van der Waals surface area (Å²) in [5.74, 6) is -0.876. The van der Waals surface area contributed by atoms with E-state index in [1.807, 2.05) is 30.5 Å². The molecule has 0 radical (unpaired) electrons. The lowest BCUT2D eigenvalue weighted by molar-refractivity contribution is -0.137. The Hall–Kier alpha value is -2.30. The molecule has 5 heteroatoms. The minimum absolute atomic E-state index is 0.0410. The van der Waals surface area contributed by atoms with Crippen LogP contribution in [0.3, 0.4) is 0 Å². The van der Waals surface area contributed by atoms with E-state index in [0.717, 1.165) is 16.5 Å². The van der Waals surface area contributed by atoms with Crippen LogP contribution in [0.2, 0.25) is 0 Å². The van der Waals surface area contributed by atoms with Gasteiger partial charge in [-0.15, -0.1) is 0 Å². The Balaban J connectivity index is 1.77. The van der Waals surface area contributed by atoms with Crippen molar-refractivity contribution in [2.24, 2.45) is 0 Å². The summed E-state index contributed by atoms with van der Waals surface area (Å²) in [4.78, 5) is 25.2. The van der Waals surface area contributed by atoms with Gasteiger partial charge < -0.3 is 15.4 Å². The molecule has 0 saturated heterocycles. The van der Waals surface area contributed by atoms with Gasteiger partial charge in [0.05, 0.1) is 0 Å². The zero-order valence-electron chi connectivity index (χ0n) is 11.2. The maximum atomic E-state index is 11.7. The number of benzene rings is 1. The van der Waals surface area contributed by atoms with Crippen molar-refractivity contribution in [1.29, 1.82) is 0 Å². The van der Waals surface area contributed by atoms with E-state index in [1.165, 1.54) is 0 Å². The van der Waals surface area contributed by atoms with Gasteiger partial charge in [-0.2, -0.15) is 0 Å². The second-order valence-corrected chi connectivity index (χ2v) is 4.71. The average Bonchev–Trinajstić information content (AvgIpc) is 2.84. The lowest BCUT2D eigenvalue weighted by Crippen LogP contribution is -2.25. The molecule has 3 N–H and O–H groups in total. The molecule has 5 nitrogen and oxygen atoms in total. The number of para-hydroxylation sites is 1. The Morgan fingerprint density at radius 1 is 1.20 bits per heavy atom. The first-order valence-electron chi connectivity index (χ1n) is 6.70. The number of carbonyl (C=O) groups excluding carboxylic acids is 1. The number of hydrogen-bond donors (Lipinski definition) is 3. The topological polar surface area (TPSA) is 82.2 Å². The number of fused-ring (bicyclic) bond motifs is 1. The largest absolute Gasteiger partial charge is 0.481 e. The molecule has 106 valence electrons. The predicted octanol–water partition coefficient (Wildman–Crippen LogP) is 2.08. The zero-order chi connectivity index (χ0) is 14.4. The maximum Gasteiger partial charge on any atom is 0.303 e. The van der Waals surface area contributed by atoms with E-state index in [9.17, 15) is 9.59 Å². The molecule has 1 aromatic carbocycles. The molecule has 0 atom stereocenters. The highest BCUT2D eigenvalue weighted by Gasteiger charge is 2.06. The normalized spacial score (nSPS) is 10.6. The second kappa shape index (κ2) is 6.75. The summed E-state index contributed by atoms with van der Waals surface area (Å²) >= 11 is 0. The monoisotopic (exact) mass is 274 g/mol. The van der Waals surface area contributed by atoms with Crippen molar-refractivity contribution in [2.75, 3.05) is 6.54 Å². The maximum absolute atomic E-state index is 11.7. The minimum atomic E-state index is -0.835. The molecule has 2 aromatic rings. The van der Waals surface area contributed by atoms with Crippen molar-refractivity contribution in [3.8, 4) is 0 Å². The Morgan fingerprint density at radius 3 is 2.80 bits per heavy atom. The number of H-pyrrole nitrogens is 1. The summed E-state index contributed by atoms with van der Waals surface area (Å²) in [6.07, 6.45) is 3.57. The van der Waals surface area contributed by atoms with Gasteiger partial charge in [0.25, 0.3) is 0 Å². The molecular weight excluding hydrogens is 256 g/mol. The molecule has 1 heterocycles. The van der Waals surface area contributed by atoms with Crippen molar-refractivity contribution in [2.45, 2.75) is 25.7 Å². The van der Waals surface area contributed by atoms with Crippen LogP contribution in [0.15, 0.2) is 30.5 Å². The number of amides is 1. The molecule has 0 bridgehead atoms. The van der Waals surface area contributed by atoms with Gasteiger partial charge in [0.1, 0.15) is 0 Å². The molecule has 0 fully saturated rings. The lowest BCUT2D eigenvalue weighted by Gasteiger charge is -2.03. The third-order valence-electron chi connectivity index (χ3n) is 3.19. The number of aliphatic carboxylic acids is 1. The van der Waals surface area contributed by atoms with Crippen LogP contribution in [0, 0.1) is 0 Å². The van der Waals surface area contributed by atoms with Gasteiger partial charge >= 0.3 is 5.97 Å². The van der Waals surface area contributed by atoms with Crippen molar-refractivity contribution in [3.63, 3.8) is 0 Å².